The second-order valence-electron chi connectivity index (χ2n) is 4.56. The highest BCUT2D eigenvalue weighted by atomic mass is 32.3. The van der Waals surface area contributed by atoms with Crippen molar-refractivity contribution < 1.29 is 21.5 Å². The smallest absolute Gasteiger partial charge is 0.302 e. The Morgan fingerprint density at radius 3 is 2.70 bits per heavy atom. The molecule has 106 valence electrons. The molecule has 0 saturated carbocycles. The van der Waals surface area contributed by atoms with Crippen LogP contribution in [0.4, 0.5) is 14.0 Å². The summed E-state index contributed by atoms with van der Waals surface area (Å²) in [6.45, 7) is 0.00727. The van der Waals surface area contributed by atoms with Crippen LogP contribution in [0.1, 0.15) is 12.0 Å². The number of hydrogen-bond donors (Lipinski definition) is 0. The van der Waals surface area contributed by atoms with Crippen molar-refractivity contribution in [2.24, 2.45) is 5.92 Å². The number of rotatable bonds is 3. The van der Waals surface area contributed by atoms with Gasteiger partial charge in [0.05, 0.1) is 11.3 Å². The van der Waals surface area contributed by atoms with Gasteiger partial charge in [-0.05, 0) is 18.2 Å². The molecule has 1 heterocycles. The topological polar surface area (TPSA) is 78.2 Å². The number of carbonyl (C=O) groups excluding carboxylic acids is 1. The maximum absolute atomic E-state index is 13.5. The summed E-state index contributed by atoms with van der Waals surface area (Å²) in [5.74, 6) is -2.55. The van der Waals surface area contributed by atoms with Crippen molar-refractivity contribution in [3.8, 4) is 6.07 Å². The predicted octanol–water partition coefficient (Wildman–Crippen LogP) is 1.35. The summed E-state index contributed by atoms with van der Waals surface area (Å²) in [6, 6.07) is 5.32. The quantitative estimate of drug-likeness (QED) is 0.789. The van der Waals surface area contributed by atoms with Crippen LogP contribution in [-0.4, -0.2) is 26.6 Å². The molecule has 0 bridgehead atoms. The Kier molecular flexibility index (Phi) is 3.72. The maximum atomic E-state index is 13.5. The summed E-state index contributed by atoms with van der Waals surface area (Å²) >= 11 is 0. The number of halogens is 2. The second kappa shape index (κ2) is 5.17. The highest BCUT2D eigenvalue weighted by Crippen LogP contribution is 2.27. The lowest BCUT2D eigenvalue weighted by molar-refractivity contribution is -0.117. The lowest BCUT2D eigenvalue weighted by Gasteiger charge is -2.16. The molecule has 1 amide bonds. The van der Waals surface area contributed by atoms with Gasteiger partial charge in [0.2, 0.25) is 5.91 Å². The average Bonchev–Trinajstić information content (AvgIpc) is 2.67. The number of hydrogen-bond acceptors (Lipinski definition) is 4. The zero-order valence-electron chi connectivity index (χ0n) is 10.2. The van der Waals surface area contributed by atoms with Crippen molar-refractivity contribution >= 4 is 21.8 Å². The first kappa shape index (κ1) is 14.4. The molecular weight excluding hydrogens is 290 g/mol. The van der Waals surface area contributed by atoms with E-state index in [1.54, 1.807) is 6.07 Å². The van der Waals surface area contributed by atoms with Gasteiger partial charge in [0.25, 0.3) is 0 Å². The third-order valence-corrected chi connectivity index (χ3v) is 3.89. The van der Waals surface area contributed by atoms with Gasteiger partial charge in [-0.1, -0.05) is 0 Å². The van der Waals surface area contributed by atoms with Crippen LogP contribution >= 0.6 is 0 Å². The Morgan fingerprint density at radius 1 is 1.45 bits per heavy atom. The first-order valence-electron chi connectivity index (χ1n) is 5.72. The molecule has 1 aliphatic heterocycles. The Balaban J connectivity index is 2.20. The first-order chi connectivity index (χ1) is 9.30. The summed E-state index contributed by atoms with van der Waals surface area (Å²) in [7, 11) is -4.65. The van der Waals surface area contributed by atoms with Gasteiger partial charge in [-0.2, -0.15) is 13.7 Å². The van der Waals surface area contributed by atoms with Crippen molar-refractivity contribution in [2.75, 3.05) is 17.2 Å². The Hall–Kier alpha value is -2.01. The molecule has 1 fully saturated rings. The van der Waals surface area contributed by atoms with Crippen LogP contribution in [0, 0.1) is 23.1 Å². The van der Waals surface area contributed by atoms with Crippen LogP contribution in [0.15, 0.2) is 18.2 Å². The van der Waals surface area contributed by atoms with Crippen LogP contribution in [0.3, 0.4) is 0 Å². The summed E-state index contributed by atoms with van der Waals surface area (Å²) in [5.41, 5.74) is 0.0774. The molecule has 1 atom stereocenters. The molecule has 8 heteroatoms. The van der Waals surface area contributed by atoms with Crippen molar-refractivity contribution in [3.05, 3.63) is 29.6 Å². The highest BCUT2D eigenvalue weighted by Gasteiger charge is 2.33. The molecular formula is C12H10F2N2O3S. The van der Waals surface area contributed by atoms with E-state index in [-0.39, 0.29) is 24.2 Å². The van der Waals surface area contributed by atoms with E-state index in [1.807, 2.05) is 0 Å². The van der Waals surface area contributed by atoms with E-state index < -0.39 is 33.6 Å². The Labute approximate surface area is 114 Å². The third-order valence-electron chi connectivity index (χ3n) is 3.02. The molecule has 20 heavy (non-hydrogen) atoms. The fraction of sp³-hybridized carbons (Fsp3) is 0.333. The first-order valence-corrected chi connectivity index (χ1v) is 7.28. The largest absolute Gasteiger partial charge is 0.312 e. The molecule has 0 radical (unpaired) electrons. The lowest BCUT2D eigenvalue weighted by Crippen LogP contribution is -2.25. The molecule has 1 aliphatic rings. The zero-order valence-corrected chi connectivity index (χ0v) is 11.0. The average molecular weight is 300 g/mol. The SMILES string of the molecule is N#Cc1ccc(N2CC(CS(=O)(=O)F)CC2=O)cc1F. The molecule has 2 rings (SSSR count). The van der Waals surface area contributed by atoms with Crippen LogP contribution in [0.25, 0.3) is 0 Å². The molecule has 1 aromatic rings. The maximum Gasteiger partial charge on any atom is 0.302 e. The van der Waals surface area contributed by atoms with Crippen molar-refractivity contribution in [1.82, 2.24) is 0 Å². The van der Waals surface area contributed by atoms with Crippen LogP contribution in [0.5, 0.6) is 0 Å². The van der Waals surface area contributed by atoms with Gasteiger partial charge in [0.1, 0.15) is 11.9 Å². The van der Waals surface area contributed by atoms with E-state index in [1.165, 1.54) is 17.0 Å². The molecule has 1 saturated heterocycles. The van der Waals surface area contributed by atoms with E-state index >= 15 is 0 Å². The molecule has 0 spiro atoms. The Morgan fingerprint density at radius 2 is 2.15 bits per heavy atom. The van der Waals surface area contributed by atoms with Gasteiger partial charge in [-0.25, -0.2) is 4.39 Å². The van der Waals surface area contributed by atoms with Crippen LogP contribution < -0.4 is 4.90 Å². The van der Waals surface area contributed by atoms with E-state index in [2.05, 4.69) is 0 Å². The number of nitrogens with zero attached hydrogens (tertiary/aromatic N) is 2. The minimum atomic E-state index is -4.65. The van der Waals surface area contributed by atoms with Gasteiger partial charge >= 0.3 is 10.2 Å². The summed E-state index contributed by atoms with van der Waals surface area (Å²) < 4.78 is 47.3. The lowest BCUT2D eigenvalue weighted by atomic mass is 10.1. The normalized spacial score (nSPS) is 19.1. The van der Waals surface area contributed by atoms with Crippen LogP contribution in [-0.2, 0) is 15.0 Å². The van der Waals surface area contributed by atoms with Gasteiger partial charge in [-0.15, -0.1) is 3.89 Å². The fourth-order valence-corrected chi connectivity index (χ4v) is 2.97. The molecule has 0 aliphatic carbocycles. The van der Waals surface area contributed by atoms with Crippen molar-refractivity contribution in [2.45, 2.75) is 6.42 Å². The predicted molar refractivity (Wildman–Crippen MR) is 66.5 cm³/mol. The number of carbonyl (C=O) groups is 1. The van der Waals surface area contributed by atoms with Gasteiger partial charge in [-0.3, -0.25) is 4.79 Å². The standard InChI is InChI=1S/C12H10F2N2O3S/c13-11-4-10(2-1-9(11)5-15)16-6-8(3-12(16)17)7-20(14,18)19/h1-2,4,8H,3,6-7H2. The number of anilines is 1. The zero-order chi connectivity index (χ0) is 14.9. The monoisotopic (exact) mass is 300 g/mol. The van der Waals surface area contributed by atoms with E-state index in [0.29, 0.717) is 0 Å². The number of benzene rings is 1. The van der Waals surface area contributed by atoms with E-state index in [0.717, 1.165) is 6.07 Å². The van der Waals surface area contributed by atoms with Gasteiger partial charge in [0.15, 0.2) is 0 Å². The van der Waals surface area contributed by atoms with Crippen LogP contribution in [0.2, 0.25) is 0 Å². The summed E-state index contributed by atoms with van der Waals surface area (Å²) in [6.07, 6.45) is -0.106. The second-order valence-corrected chi connectivity index (χ2v) is 5.97. The van der Waals surface area contributed by atoms with Crippen molar-refractivity contribution in [1.29, 1.82) is 5.26 Å². The fourth-order valence-electron chi connectivity index (χ4n) is 2.19. The molecule has 0 aromatic heterocycles. The molecule has 0 N–H and O–H groups in total. The summed E-state index contributed by atoms with van der Waals surface area (Å²) in [4.78, 5) is 13.0. The molecule has 1 unspecified atom stereocenters. The minimum absolute atomic E-state index is 0.00727. The van der Waals surface area contributed by atoms with E-state index in [9.17, 15) is 21.5 Å². The van der Waals surface area contributed by atoms with Gasteiger partial charge < -0.3 is 4.90 Å². The van der Waals surface area contributed by atoms with Crippen molar-refractivity contribution in [3.63, 3.8) is 0 Å². The number of nitriles is 1. The summed E-state index contributed by atoms with van der Waals surface area (Å²) in [5, 5.41) is 8.62. The molecule has 1 aromatic carbocycles. The minimum Gasteiger partial charge on any atom is -0.312 e. The molecule has 5 nitrogen and oxygen atoms in total. The van der Waals surface area contributed by atoms with E-state index in [4.69, 9.17) is 5.26 Å². The number of amides is 1. The highest BCUT2D eigenvalue weighted by molar-refractivity contribution is 7.86. The van der Waals surface area contributed by atoms with Gasteiger partial charge in [0, 0.05) is 24.6 Å². The Bertz CT molecular complexity index is 697. The third kappa shape index (κ3) is 3.11.